The molecular weight excluding hydrogens is 230 g/mol. The van der Waals surface area contributed by atoms with Crippen molar-refractivity contribution in [1.82, 2.24) is 5.32 Å². The first-order valence-corrected chi connectivity index (χ1v) is 6.38. The first-order chi connectivity index (χ1) is 8.60. The normalized spacial score (nSPS) is 29.2. The van der Waals surface area contributed by atoms with E-state index >= 15 is 0 Å². The van der Waals surface area contributed by atoms with Gasteiger partial charge in [-0.15, -0.1) is 0 Å². The maximum absolute atomic E-state index is 11.0. The lowest BCUT2D eigenvalue weighted by Crippen LogP contribution is -2.19. The molecule has 4 heteroatoms. The molecule has 0 bridgehead atoms. The fourth-order valence-corrected chi connectivity index (χ4v) is 2.77. The van der Waals surface area contributed by atoms with Gasteiger partial charge in [-0.1, -0.05) is 24.3 Å². The van der Waals surface area contributed by atoms with Gasteiger partial charge in [-0.05, 0) is 30.4 Å². The molecule has 2 atom stereocenters. The Labute approximate surface area is 106 Å². The highest BCUT2D eigenvalue weighted by Crippen LogP contribution is 2.48. The summed E-state index contributed by atoms with van der Waals surface area (Å²) in [5.74, 6) is -1.07. The lowest BCUT2D eigenvalue weighted by Gasteiger charge is -2.19. The molecule has 0 amide bonds. The predicted octanol–water partition coefficient (Wildman–Crippen LogP) is 1.40. The molecule has 0 radical (unpaired) electrons. The van der Waals surface area contributed by atoms with Crippen LogP contribution in [-0.2, 0) is 10.4 Å². The molecule has 4 nitrogen and oxygen atoms in total. The maximum Gasteiger partial charge on any atom is 0.307 e. The first-order valence-electron chi connectivity index (χ1n) is 6.38. The third kappa shape index (κ3) is 1.91. The molecule has 1 saturated heterocycles. The van der Waals surface area contributed by atoms with Crippen molar-refractivity contribution in [2.24, 2.45) is 5.92 Å². The van der Waals surface area contributed by atoms with Gasteiger partial charge in [-0.25, -0.2) is 0 Å². The second-order valence-electron chi connectivity index (χ2n) is 5.35. The molecule has 1 saturated carbocycles. The zero-order chi connectivity index (χ0) is 12.8. The Morgan fingerprint density at radius 3 is 2.67 bits per heavy atom. The highest BCUT2D eigenvalue weighted by atomic mass is 16.4. The Morgan fingerprint density at radius 1 is 1.33 bits per heavy atom. The van der Waals surface area contributed by atoms with Crippen molar-refractivity contribution in [3.63, 3.8) is 0 Å². The monoisotopic (exact) mass is 247 g/mol. The summed E-state index contributed by atoms with van der Waals surface area (Å²) in [4.78, 5) is 11.0. The van der Waals surface area contributed by atoms with E-state index in [0.29, 0.717) is 13.0 Å². The van der Waals surface area contributed by atoms with E-state index in [-0.39, 0.29) is 12.0 Å². The number of hydrogen-bond acceptors (Lipinski definition) is 3. The molecule has 2 unspecified atom stereocenters. The average molecular weight is 247 g/mol. The van der Waals surface area contributed by atoms with E-state index in [0.717, 1.165) is 24.0 Å². The van der Waals surface area contributed by atoms with Gasteiger partial charge >= 0.3 is 5.97 Å². The molecule has 1 heterocycles. The summed E-state index contributed by atoms with van der Waals surface area (Å²) >= 11 is 0. The largest absolute Gasteiger partial charge is 0.481 e. The predicted molar refractivity (Wildman–Crippen MR) is 66.1 cm³/mol. The molecule has 1 aromatic carbocycles. The SMILES string of the molecule is O=C(O)C1CNC(c2ccccc2C2(O)CC2)C1. The number of rotatable bonds is 3. The summed E-state index contributed by atoms with van der Waals surface area (Å²) in [5, 5.41) is 22.6. The van der Waals surface area contributed by atoms with E-state index in [1.54, 1.807) is 0 Å². The minimum atomic E-state index is -0.743. The molecule has 3 rings (SSSR count). The highest BCUT2D eigenvalue weighted by molar-refractivity contribution is 5.70. The number of carbonyl (C=O) groups is 1. The van der Waals surface area contributed by atoms with Crippen LogP contribution < -0.4 is 5.32 Å². The Kier molecular flexibility index (Phi) is 2.64. The zero-order valence-corrected chi connectivity index (χ0v) is 10.1. The molecule has 96 valence electrons. The summed E-state index contributed by atoms with van der Waals surface area (Å²) < 4.78 is 0. The quantitative estimate of drug-likeness (QED) is 0.755. The fraction of sp³-hybridized carbons (Fsp3) is 0.500. The molecule has 18 heavy (non-hydrogen) atoms. The number of benzene rings is 1. The number of carboxylic acids is 1. The van der Waals surface area contributed by atoms with Crippen LogP contribution in [0.1, 0.15) is 36.4 Å². The molecule has 3 N–H and O–H groups in total. The Balaban J connectivity index is 1.87. The van der Waals surface area contributed by atoms with Gasteiger partial charge in [0.15, 0.2) is 0 Å². The van der Waals surface area contributed by atoms with Gasteiger partial charge in [0.2, 0.25) is 0 Å². The molecule has 0 aromatic heterocycles. The van der Waals surface area contributed by atoms with Crippen LogP contribution in [0.3, 0.4) is 0 Å². The van der Waals surface area contributed by atoms with Crippen LogP contribution >= 0.6 is 0 Å². The van der Waals surface area contributed by atoms with Gasteiger partial charge in [0.25, 0.3) is 0 Å². The standard InChI is InChI=1S/C14H17NO3/c16-13(17)9-7-12(15-8-9)10-3-1-2-4-11(10)14(18)5-6-14/h1-4,9,12,15,18H,5-8H2,(H,16,17). The van der Waals surface area contributed by atoms with E-state index in [2.05, 4.69) is 5.32 Å². The number of aliphatic carboxylic acids is 1. The fourth-order valence-electron chi connectivity index (χ4n) is 2.77. The summed E-state index contributed by atoms with van der Waals surface area (Å²) in [6, 6.07) is 7.87. The van der Waals surface area contributed by atoms with Gasteiger partial charge in [0, 0.05) is 12.6 Å². The topological polar surface area (TPSA) is 69.6 Å². The van der Waals surface area contributed by atoms with Crippen molar-refractivity contribution in [2.45, 2.75) is 30.9 Å². The second-order valence-corrected chi connectivity index (χ2v) is 5.35. The lowest BCUT2D eigenvalue weighted by molar-refractivity contribution is -0.141. The highest BCUT2D eigenvalue weighted by Gasteiger charge is 2.45. The average Bonchev–Trinajstić information content (AvgIpc) is 2.94. The van der Waals surface area contributed by atoms with Crippen LogP contribution in [-0.4, -0.2) is 22.7 Å². The summed E-state index contributed by atoms with van der Waals surface area (Å²) in [6.07, 6.45) is 2.21. The van der Waals surface area contributed by atoms with Crippen molar-refractivity contribution in [2.75, 3.05) is 6.54 Å². The van der Waals surface area contributed by atoms with E-state index in [1.165, 1.54) is 0 Å². The Morgan fingerprint density at radius 2 is 2.06 bits per heavy atom. The van der Waals surface area contributed by atoms with Crippen molar-refractivity contribution < 1.29 is 15.0 Å². The van der Waals surface area contributed by atoms with Gasteiger partial charge in [0.05, 0.1) is 11.5 Å². The first kappa shape index (κ1) is 11.7. The third-order valence-electron chi connectivity index (χ3n) is 4.04. The van der Waals surface area contributed by atoms with Crippen molar-refractivity contribution in [1.29, 1.82) is 0 Å². The van der Waals surface area contributed by atoms with Gasteiger partial charge in [-0.2, -0.15) is 0 Å². The zero-order valence-electron chi connectivity index (χ0n) is 10.1. The van der Waals surface area contributed by atoms with E-state index in [4.69, 9.17) is 5.11 Å². The number of nitrogens with one attached hydrogen (secondary N) is 1. The summed E-state index contributed by atoms with van der Waals surface area (Å²) in [6.45, 7) is 0.507. The van der Waals surface area contributed by atoms with Crippen LogP contribution in [0.5, 0.6) is 0 Å². The van der Waals surface area contributed by atoms with E-state index in [1.807, 2.05) is 24.3 Å². The van der Waals surface area contributed by atoms with Gasteiger partial charge < -0.3 is 15.5 Å². The number of carboxylic acid groups (broad SMARTS) is 1. The van der Waals surface area contributed by atoms with Gasteiger partial charge in [0.1, 0.15) is 0 Å². The summed E-state index contributed by atoms with van der Waals surface area (Å²) in [7, 11) is 0. The maximum atomic E-state index is 11.0. The van der Waals surface area contributed by atoms with Crippen molar-refractivity contribution in [3.8, 4) is 0 Å². The molecule has 1 aromatic rings. The Hall–Kier alpha value is -1.39. The summed E-state index contributed by atoms with van der Waals surface area (Å²) in [5.41, 5.74) is 1.36. The molecule has 1 aliphatic carbocycles. The Bertz CT molecular complexity index is 482. The number of aliphatic hydroxyl groups is 1. The van der Waals surface area contributed by atoms with Crippen molar-refractivity contribution in [3.05, 3.63) is 35.4 Å². The molecular formula is C14H17NO3. The lowest BCUT2D eigenvalue weighted by atomic mass is 9.92. The minimum Gasteiger partial charge on any atom is -0.481 e. The smallest absolute Gasteiger partial charge is 0.307 e. The second kappa shape index (κ2) is 4.07. The minimum absolute atomic E-state index is 0.0481. The van der Waals surface area contributed by atoms with Crippen LogP contribution in [0.15, 0.2) is 24.3 Å². The van der Waals surface area contributed by atoms with Crippen LogP contribution in [0.25, 0.3) is 0 Å². The van der Waals surface area contributed by atoms with Crippen LogP contribution in [0.4, 0.5) is 0 Å². The van der Waals surface area contributed by atoms with Crippen LogP contribution in [0.2, 0.25) is 0 Å². The van der Waals surface area contributed by atoms with E-state index < -0.39 is 11.6 Å². The van der Waals surface area contributed by atoms with Crippen molar-refractivity contribution >= 4 is 5.97 Å². The molecule has 1 aliphatic heterocycles. The van der Waals surface area contributed by atoms with Crippen LogP contribution in [0, 0.1) is 5.92 Å². The number of hydrogen-bond donors (Lipinski definition) is 3. The molecule has 2 aliphatic rings. The molecule has 2 fully saturated rings. The van der Waals surface area contributed by atoms with E-state index in [9.17, 15) is 9.90 Å². The van der Waals surface area contributed by atoms with Gasteiger partial charge in [-0.3, -0.25) is 4.79 Å². The molecule has 0 spiro atoms. The third-order valence-corrected chi connectivity index (χ3v) is 4.04.